The van der Waals surface area contributed by atoms with E-state index in [4.69, 9.17) is 0 Å². The first-order chi connectivity index (χ1) is 9.06. The van der Waals surface area contributed by atoms with Crippen molar-refractivity contribution in [2.45, 2.75) is 33.1 Å². The number of nitrogens with one attached hydrogen (secondary N) is 1. The number of aryl methyl sites for hydroxylation is 1. The Morgan fingerprint density at radius 2 is 2.11 bits per heavy atom. The third-order valence-corrected chi connectivity index (χ3v) is 3.69. The summed E-state index contributed by atoms with van der Waals surface area (Å²) >= 11 is 1.57. The van der Waals surface area contributed by atoms with Crippen LogP contribution in [0.2, 0.25) is 0 Å². The number of hydrogen-bond donors (Lipinski definition) is 1. The highest BCUT2D eigenvalue weighted by Crippen LogP contribution is 2.23. The predicted octanol–water partition coefficient (Wildman–Crippen LogP) is 3.76. The lowest BCUT2D eigenvalue weighted by molar-refractivity contribution is -0.115. The molecule has 0 atom stereocenters. The lowest BCUT2D eigenvalue weighted by Gasteiger charge is -2.13. The molecule has 2 aromatic rings. The van der Waals surface area contributed by atoms with Crippen molar-refractivity contribution in [3.8, 4) is 0 Å². The average molecular weight is 274 g/mol. The number of hydrogen-bond acceptors (Lipinski definition) is 3. The standard InChI is InChI=1S/C15H18N2OS/c1-10(2)13-6-4-5-7-14(13)17-15(18)8-12-9-19-11(3)16-12/h4-7,9-10H,8H2,1-3H3,(H,17,18). The molecule has 0 fully saturated rings. The maximum absolute atomic E-state index is 12.0. The van der Waals surface area contributed by atoms with Gasteiger partial charge in [0.1, 0.15) is 0 Å². The molecule has 100 valence electrons. The Kier molecular flexibility index (Phi) is 4.32. The van der Waals surface area contributed by atoms with Crippen LogP contribution in [0.25, 0.3) is 0 Å². The highest BCUT2D eigenvalue weighted by Gasteiger charge is 2.10. The Labute approximate surface area is 117 Å². The largest absolute Gasteiger partial charge is 0.325 e. The van der Waals surface area contributed by atoms with Crippen molar-refractivity contribution in [1.82, 2.24) is 4.98 Å². The van der Waals surface area contributed by atoms with Crippen LogP contribution in [-0.2, 0) is 11.2 Å². The van der Waals surface area contributed by atoms with E-state index >= 15 is 0 Å². The molecule has 1 heterocycles. The Balaban J connectivity index is 2.07. The predicted molar refractivity (Wildman–Crippen MR) is 79.7 cm³/mol. The minimum absolute atomic E-state index is 0.0154. The van der Waals surface area contributed by atoms with Gasteiger partial charge < -0.3 is 5.32 Å². The number of aromatic nitrogens is 1. The minimum Gasteiger partial charge on any atom is -0.325 e. The molecule has 0 saturated carbocycles. The first kappa shape index (κ1) is 13.7. The van der Waals surface area contributed by atoms with E-state index in [1.165, 1.54) is 0 Å². The summed E-state index contributed by atoms with van der Waals surface area (Å²) in [7, 11) is 0. The van der Waals surface area contributed by atoms with Crippen molar-refractivity contribution in [3.05, 3.63) is 45.9 Å². The highest BCUT2D eigenvalue weighted by atomic mass is 32.1. The second kappa shape index (κ2) is 5.97. The van der Waals surface area contributed by atoms with Crippen molar-refractivity contribution in [2.75, 3.05) is 5.32 Å². The molecule has 1 amide bonds. The first-order valence-electron chi connectivity index (χ1n) is 6.36. The molecule has 2 rings (SSSR count). The van der Waals surface area contributed by atoms with Crippen LogP contribution in [0.3, 0.4) is 0 Å². The van der Waals surface area contributed by atoms with E-state index in [-0.39, 0.29) is 5.91 Å². The second-order valence-corrected chi connectivity index (χ2v) is 5.89. The molecule has 0 aliphatic carbocycles. The zero-order chi connectivity index (χ0) is 13.8. The molecule has 3 nitrogen and oxygen atoms in total. The van der Waals surface area contributed by atoms with E-state index in [1.54, 1.807) is 11.3 Å². The van der Waals surface area contributed by atoms with E-state index in [0.717, 1.165) is 22.0 Å². The summed E-state index contributed by atoms with van der Waals surface area (Å²) in [6.07, 6.45) is 0.330. The number of benzene rings is 1. The van der Waals surface area contributed by atoms with E-state index in [1.807, 2.05) is 36.6 Å². The van der Waals surface area contributed by atoms with Crippen molar-refractivity contribution >= 4 is 22.9 Å². The van der Waals surface area contributed by atoms with E-state index in [0.29, 0.717) is 12.3 Å². The zero-order valence-electron chi connectivity index (χ0n) is 11.4. The third-order valence-electron chi connectivity index (χ3n) is 2.87. The van der Waals surface area contributed by atoms with Gasteiger partial charge in [-0.25, -0.2) is 4.98 Å². The van der Waals surface area contributed by atoms with Gasteiger partial charge in [-0.2, -0.15) is 0 Å². The second-order valence-electron chi connectivity index (χ2n) is 4.82. The fourth-order valence-electron chi connectivity index (χ4n) is 1.96. The number of nitrogens with zero attached hydrogens (tertiary/aromatic N) is 1. The number of anilines is 1. The molecule has 0 radical (unpaired) electrons. The summed E-state index contributed by atoms with van der Waals surface area (Å²) in [6.45, 7) is 6.18. The van der Waals surface area contributed by atoms with Gasteiger partial charge in [0.05, 0.1) is 17.1 Å². The van der Waals surface area contributed by atoms with Crippen LogP contribution in [0.5, 0.6) is 0 Å². The van der Waals surface area contributed by atoms with Crippen LogP contribution in [0.1, 0.15) is 36.0 Å². The van der Waals surface area contributed by atoms with Crippen LogP contribution in [0.15, 0.2) is 29.6 Å². The molecule has 1 aromatic heterocycles. The SMILES string of the molecule is Cc1nc(CC(=O)Nc2ccccc2C(C)C)cs1. The maximum Gasteiger partial charge on any atom is 0.230 e. The average Bonchev–Trinajstić information content (AvgIpc) is 2.75. The summed E-state index contributed by atoms with van der Waals surface area (Å²) in [5.74, 6) is 0.372. The molecule has 0 unspecified atom stereocenters. The number of carbonyl (C=O) groups is 1. The van der Waals surface area contributed by atoms with Crippen molar-refractivity contribution < 1.29 is 4.79 Å². The van der Waals surface area contributed by atoms with Gasteiger partial charge in [-0.05, 0) is 24.5 Å². The zero-order valence-corrected chi connectivity index (χ0v) is 12.3. The summed E-state index contributed by atoms with van der Waals surface area (Å²) in [5.41, 5.74) is 2.89. The van der Waals surface area contributed by atoms with Gasteiger partial charge in [0.2, 0.25) is 5.91 Å². The van der Waals surface area contributed by atoms with Crippen LogP contribution < -0.4 is 5.32 Å². The molecule has 4 heteroatoms. The molecular formula is C15H18N2OS. The van der Waals surface area contributed by atoms with Gasteiger partial charge in [0.25, 0.3) is 0 Å². The minimum atomic E-state index is -0.0154. The van der Waals surface area contributed by atoms with Crippen LogP contribution in [0, 0.1) is 6.92 Å². The van der Waals surface area contributed by atoms with Gasteiger partial charge in [0.15, 0.2) is 0 Å². The van der Waals surface area contributed by atoms with Crippen molar-refractivity contribution in [2.24, 2.45) is 0 Å². The molecular weight excluding hydrogens is 256 g/mol. The van der Waals surface area contributed by atoms with Gasteiger partial charge >= 0.3 is 0 Å². The normalized spacial score (nSPS) is 10.7. The Morgan fingerprint density at radius 1 is 1.37 bits per heavy atom. The van der Waals surface area contributed by atoms with Crippen LogP contribution in [-0.4, -0.2) is 10.9 Å². The van der Waals surface area contributed by atoms with Gasteiger partial charge in [0, 0.05) is 11.1 Å². The van der Waals surface area contributed by atoms with E-state index in [2.05, 4.69) is 24.1 Å². The fourth-order valence-corrected chi connectivity index (χ4v) is 2.58. The molecule has 0 saturated heterocycles. The van der Waals surface area contributed by atoms with Crippen molar-refractivity contribution in [1.29, 1.82) is 0 Å². The van der Waals surface area contributed by atoms with Gasteiger partial charge in [-0.3, -0.25) is 4.79 Å². The quantitative estimate of drug-likeness (QED) is 0.922. The number of amides is 1. The molecule has 1 N–H and O–H groups in total. The number of para-hydroxylation sites is 1. The Hall–Kier alpha value is -1.68. The molecule has 0 bridgehead atoms. The van der Waals surface area contributed by atoms with Gasteiger partial charge in [-0.1, -0.05) is 32.0 Å². The summed E-state index contributed by atoms with van der Waals surface area (Å²) in [6, 6.07) is 7.93. The molecule has 1 aromatic carbocycles. The van der Waals surface area contributed by atoms with Crippen LogP contribution in [0.4, 0.5) is 5.69 Å². The lowest BCUT2D eigenvalue weighted by atomic mass is 10.0. The summed E-state index contributed by atoms with van der Waals surface area (Å²) < 4.78 is 0. The lowest BCUT2D eigenvalue weighted by Crippen LogP contribution is -2.16. The summed E-state index contributed by atoms with van der Waals surface area (Å²) in [5, 5.41) is 5.90. The number of carbonyl (C=O) groups excluding carboxylic acids is 1. The fraction of sp³-hybridized carbons (Fsp3) is 0.333. The molecule has 0 aliphatic heterocycles. The summed E-state index contributed by atoms with van der Waals surface area (Å²) in [4.78, 5) is 16.3. The maximum atomic E-state index is 12.0. The van der Waals surface area contributed by atoms with Crippen molar-refractivity contribution in [3.63, 3.8) is 0 Å². The number of rotatable bonds is 4. The first-order valence-corrected chi connectivity index (χ1v) is 7.24. The number of thiazole rings is 1. The topological polar surface area (TPSA) is 42.0 Å². The van der Waals surface area contributed by atoms with E-state index < -0.39 is 0 Å². The molecule has 0 aliphatic rings. The smallest absolute Gasteiger partial charge is 0.230 e. The highest BCUT2D eigenvalue weighted by molar-refractivity contribution is 7.09. The van der Waals surface area contributed by atoms with E-state index in [9.17, 15) is 4.79 Å². The monoisotopic (exact) mass is 274 g/mol. The Bertz CT molecular complexity index is 575. The molecule has 19 heavy (non-hydrogen) atoms. The molecule has 0 spiro atoms. The Morgan fingerprint density at radius 3 is 2.74 bits per heavy atom. The van der Waals surface area contributed by atoms with Crippen LogP contribution >= 0.6 is 11.3 Å². The third kappa shape index (κ3) is 3.64. The van der Waals surface area contributed by atoms with Gasteiger partial charge in [-0.15, -0.1) is 11.3 Å².